The van der Waals surface area contributed by atoms with Crippen molar-refractivity contribution in [2.24, 2.45) is 0 Å². The van der Waals surface area contributed by atoms with Gasteiger partial charge in [-0.1, -0.05) is 42.5 Å². The van der Waals surface area contributed by atoms with Crippen LogP contribution in [-0.2, 0) is 152 Å². The summed E-state index contributed by atoms with van der Waals surface area (Å²) in [5.41, 5.74) is -22.6. The summed E-state index contributed by atoms with van der Waals surface area (Å²) in [6, 6.07) is 41.5. The molecule has 578 valence electrons. The second-order valence-electron chi connectivity index (χ2n) is 17.0. The molecular formula is C46H52Ag5BrF12N14O17S4. The quantitative estimate of drug-likeness (QED) is 0.0891. The fourth-order valence-electron chi connectivity index (χ4n) is 6.32. The molecule has 7 aromatic rings. The molecule has 14 bridgehead atoms. The number of fused-ring (bicyclic) bond motifs is 14. The number of pyridine rings is 7. The fraction of sp³-hybridized carbons (Fsp3) is 0.239. The molecule has 31 nitrogen and oxygen atoms in total. The van der Waals surface area contributed by atoms with E-state index in [2.05, 4.69) is 0 Å². The number of halogens is 13. The molecule has 0 fully saturated rings. The Kier molecular flexibility index (Phi) is 49.2. The zero-order valence-electron chi connectivity index (χ0n) is 49.8. The van der Waals surface area contributed by atoms with Crippen LogP contribution in [0.3, 0.4) is 0 Å². The van der Waals surface area contributed by atoms with E-state index in [1.165, 1.54) is 0 Å². The van der Waals surface area contributed by atoms with Crippen LogP contribution in [-0.4, -0.2) is 186 Å². The Bertz CT molecular complexity index is 3290. The number of hydrogen-bond acceptors (Lipinski definition) is 26. The summed E-state index contributed by atoms with van der Waals surface area (Å²) in [6.45, 7) is 0. The summed E-state index contributed by atoms with van der Waals surface area (Å²) in [5.74, 6) is 10.2. The molecule has 8 heterocycles. The number of aromatic nitrogens is 7. The molecule has 0 aliphatic carbocycles. The van der Waals surface area contributed by atoms with E-state index in [0.717, 1.165) is 81.5 Å². The number of rotatable bonds is 0. The van der Waals surface area contributed by atoms with E-state index in [0.29, 0.717) is 0 Å². The molecule has 8 rings (SSSR count). The Morgan fingerprint density at radius 1 is 0.242 bits per heavy atom. The zero-order chi connectivity index (χ0) is 66.9. The van der Waals surface area contributed by atoms with Crippen LogP contribution in [0, 0.1) is 0 Å². The summed E-state index contributed by atoms with van der Waals surface area (Å²) in [7, 11) is -10.6. The average molecular weight is 2050 g/mol. The molecule has 7 aromatic heterocycles. The summed E-state index contributed by atoms with van der Waals surface area (Å²) < 4.78 is 236. The van der Waals surface area contributed by atoms with Gasteiger partial charge in [-0.15, -0.1) is 0 Å². The molecule has 0 saturated carbocycles. The Balaban J connectivity index is -0.000000269. The molecular weight excluding hydrogens is 2000 g/mol. The SMILES string of the molecule is CN1c2cccc(n2)N(C)c2cccc(n2)N(C)c2cccc(n2)N(C)c2cccc(n2)N(C)c2cccc(n2)N(C)c2cccc(n2)N(C)c2cccc1n2.O.O.O.O.O.O=S(=O)([O-])C(F)(F)F.O=S(=O)([O-])C(F)(F)F.O=S(=O)([O-])C(F)(F)F.O=S(=O)([O-])C(F)(F)F.[Ag+].[Ag+].[Ag+].[Ag+].[Ag+].[Br-]. The summed E-state index contributed by atoms with van der Waals surface area (Å²) in [4.78, 5) is 48.9. The van der Waals surface area contributed by atoms with Crippen molar-refractivity contribution in [2.75, 3.05) is 83.6 Å². The van der Waals surface area contributed by atoms with Gasteiger partial charge in [-0.2, -0.15) is 52.7 Å². The van der Waals surface area contributed by atoms with E-state index in [4.69, 9.17) is 86.8 Å². The summed E-state index contributed by atoms with van der Waals surface area (Å²) >= 11 is 0. The Morgan fingerprint density at radius 2 is 0.303 bits per heavy atom. The maximum Gasteiger partial charge on any atom is 1.00 e. The van der Waals surface area contributed by atoms with Gasteiger partial charge < -0.3 is 96.9 Å². The molecule has 99 heavy (non-hydrogen) atoms. The number of anilines is 14. The van der Waals surface area contributed by atoms with Crippen LogP contribution < -0.4 is 51.3 Å². The first kappa shape index (κ1) is 110. The van der Waals surface area contributed by atoms with E-state index in [1.54, 1.807) is 0 Å². The molecule has 0 radical (unpaired) electrons. The normalized spacial score (nSPS) is 12.1. The van der Waals surface area contributed by atoms with Crippen molar-refractivity contribution in [1.29, 1.82) is 0 Å². The Morgan fingerprint density at radius 3 is 0.354 bits per heavy atom. The molecule has 0 amide bonds. The van der Waals surface area contributed by atoms with E-state index >= 15 is 0 Å². The smallest absolute Gasteiger partial charge is 1.00 e. The van der Waals surface area contributed by atoms with Crippen molar-refractivity contribution in [3.63, 3.8) is 0 Å². The molecule has 0 aromatic carbocycles. The molecule has 1 aliphatic heterocycles. The van der Waals surface area contributed by atoms with E-state index in [1.807, 2.05) is 211 Å². The second-order valence-corrected chi connectivity index (χ2v) is 22.5. The Hall–Kier alpha value is -4.57. The van der Waals surface area contributed by atoms with Gasteiger partial charge in [-0.3, -0.25) is 0 Å². The average Bonchev–Trinajstić information content (AvgIpc) is 0.812. The molecule has 0 unspecified atom stereocenters. The van der Waals surface area contributed by atoms with Crippen LogP contribution in [0.4, 0.5) is 134 Å². The standard InChI is InChI=1S/C42H42N14.4CHF3O3S.5Ag.BrH.5H2O/c1-50-29-15-8-17-31(43-29)51(2)33-19-10-21-35(45-33)53(4)37-23-12-25-39(47-37)55(6)41-27-14-28-42(49-41)56(7)40-26-13-24-38(48-40)54(5)36-22-11-20-34(46-36)52(3)32-18-9-16-30(50)44-32;4*2-1(3,4)8(5,6)7;;;;;;;;;;;/h8-28H,1-7H3;4*(H,5,6,7);;;;;;1H;5*1H2/q;;;;;5*+1;;;;;;/p-5. The van der Waals surface area contributed by atoms with Gasteiger partial charge in [0.05, 0.1) is 0 Å². The van der Waals surface area contributed by atoms with Gasteiger partial charge in [-0.25, -0.2) is 68.6 Å². The molecule has 0 atom stereocenters. The van der Waals surface area contributed by atoms with Crippen molar-refractivity contribution in [3.05, 3.63) is 127 Å². The van der Waals surface area contributed by atoms with Crippen molar-refractivity contribution < 1.29 is 261 Å². The zero-order valence-corrected chi connectivity index (χ0v) is 62.1. The van der Waals surface area contributed by atoms with E-state index in [9.17, 15) is 52.7 Å². The van der Waals surface area contributed by atoms with Gasteiger partial charge in [0.2, 0.25) is 0 Å². The first-order chi connectivity index (χ1) is 40.1. The van der Waals surface area contributed by atoms with Crippen molar-refractivity contribution >= 4 is 122 Å². The van der Waals surface area contributed by atoms with Crippen LogP contribution >= 0.6 is 0 Å². The molecule has 0 spiro atoms. The predicted molar refractivity (Wildman–Crippen MR) is 307 cm³/mol. The fourth-order valence-corrected chi connectivity index (χ4v) is 6.32. The minimum Gasteiger partial charge on any atom is -1.00 e. The van der Waals surface area contributed by atoms with E-state index in [-0.39, 0.29) is 156 Å². The molecule has 10 N–H and O–H groups in total. The largest absolute Gasteiger partial charge is 1.00 e. The van der Waals surface area contributed by atoms with Crippen LogP contribution in [0.1, 0.15) is 0 Å². The minimum absolute atomic E-state index is 0. The van der Waals surface area contributed by atoms with Crippen molar-refractivity contribution in [2.45, 2.75) is 22.0 Å². The van der Waals surface area contributed by atoms with Crippen LogP contribution in [0.2, 0.25) is 0 Å². The van der Waals surface area contributed by atoms with Crippen LogP contribution in [0.25, 0.3) is 0 Å². The third kappa shape index (κ3) is 31.5. The summed E-state index contributed by atoms with van der Waals surface area (Å²) in [5, 5.41) is 0. The minimum atomic E-state index is -6.09. The van der Waals surface area contributed by atoms with Gasteiger partial charge in [0.1, 0.15) is 81.5 Å². The second kappa shape index (κ2) is 44.2. The van der Waals surface area contributed by atoms with Crippen LogP contribution in [0.15, 0.2) is 127 Å². The maximum absolute atomic E-state index is 10.7. The number of alkyl halides is 12. The number of hydrogen-bond donors (Lipinski definition) is 0. The Labute approximate surface area is 644 Å². The molecule has 1 aliphatic rings. The van der Waals surface area contributed by atoms with Gasteiger partial charge in [-0.05, 0) is 84.9 Å². The third-order valence-electron chi connectivity index (χ3n) is 11.0. The van der Waals surface area contributed by atoms with Gasteiger partial charge in [0, 0.05) is 49.3 Å². The van der Waals surface area contributed by atoms with Crippen molar-refractivity contribution in [1.82, 2.24) is 34.9 Å². The van der Waals surface area contributed by atoms with Crippen molar-refractivity contribution in [3.8, 4) is 0 Å². The number of nitrogens with zero attached hydrogens (tertiary/aromatic N) is 14. The van der Waals surface area contributed by atoms with E-state index < -0.39 is 62.5 Å². The topological polar surface area (TPSA) is 499 Å². The first-order valence-corrected chi connectivity index (χ1v) is 28.8. The first-order valence-electron chi connectivity index (χ1n) is 23.2. The van der Waals surface area contributed by atoms with Gasteiger partial charge in [0.25, 0.3) is 0 Å². The summed E-state index contributed by atoms with van der Waals surface area (Å²) in [6.07, 6.45) is 0. The van der Waals surface area contributed by atoms with Gasteiger partial charge in [0.15, 0.2) is 40.5 Å². The molecule has 0 saturated heterocycles. The maximum atomic E-state index is 10.7. The molecule has 53 heteroatoms. The predicted octanol–water partition coefficient (Wildman–Crippen LogP) is 1.21. The van der Waals surface area contributed by atoms with Gasteiger partial charge >= 0.3 is 134 Å². The third-order valence-corrected chi connectivity index (χ3v) is 13.3. The van der Waals surface area contributed by atoms with Crippen LogP contribution in [0.5, 0.6) is 0 Å². The monoisotopic (exact) mass is 2040 g/mol.